The molecule has 2 aliphatic heterocycles. The Morgan fingerprint density at radius 3 is 2.38 bits per heavy atom. The van der Waals surface area contributed by atoms with Crippen LogP contribution in [0.3, 0.4) is 0 Å². The van der Waals surface area contributed by atoms with Gasteiger partial charge in [0.2, 0.25) is 5.91 Å². The molecular weight excluding hydrogens is 373 g/mol. The Bertz CT molecular complexity index is 740. The first-order chi connectivity index (χ1) is 14.0. The normalized spacial score (nSPS) is 24.3. The van der Waals surface area contributed by atoms with Crippen molar-refractivity contribution < 1.29 is 18.7 Å². The number of benzene rings is 1. The van der Waals surface area contributed by atoms with Crippen LogP contribution in [0.15, 0.2) is 24.3 Å². The van der Waals surface area contributed by atoms with E-state index in [0.717, 1.165) is 51.9 Å². The fourth-order valence-electron chi connectivity index (χ4n) is 5.10. The lowest BCUT2D eigenvalue weighted by Gasteiger charge is -2.37. The van der Waals surface area contributed by atoms with E-state index >= 15 is 0 Å². The summed E-state index contributed by atoms with van der Waals surface area (Å²) in [6.07, 6.45) is 4.28. The number of piperazine rings is 1. The molecule has 0 radical (unpaired) electrons. The van der Waals surface area contributed by atoms with E-state index in [4.69, 9.17) is 4.74 Å². The number of hydrogen-bond donors (Lipinski definition) is 0. The van der Waals surface area contributed by atoms with Crippen LogP contribution in [0, 0.1) is 17.2 Å². The zero-order valence-electron chi connectivity index (χ0n) is 17.1. The maximum Gasteiger partial charge on any atom is 0.260 e. The van der Waals surface area contributed by atoms with Crippen LogP contribution in [0.25, 0.3) is 0 Å². The van der Waals surface area contributed by atoms with E-state index in [9.17, 15) is 14.0 Å². The Morgan fingerprint density at radius 2 is 1.72 bits per heavy atom. The first kappa shape index (κ1) is 20.1. The first-order valence-electron chi connectivity index (χ1n) is 10.6. The van der Waals surface area contributed by atoms with Crippen LogP contribution in [0.1, 0.15) is 25.7 Å². The van der Waals surface area contributed by atoms with E-state index in [1.54, 1.807) is 0 Å². The SMILES string of the molecule is CN1CCN(C(=O)C2CN(C(=O)COc3ccc(F)cc3)CC23CCCC3)CC1. The standard InChI is InChI=1S/C22H30FN3O3/c1-24-10-12-25(13-11-24)21(28)19-14-26(16-22(19)8-2-3-9-22)20(27)15-29-18-6-4-17(23)5-7-18/h4-7,19H,2-3,8-16H2,1H3. The molecule has 2 saturated heterocycles. The number of hydrogen-bond acceptors (Lipinski definition) is 4. The quantitative estimate of drug-likeness (QED) is 0.772. The topological polar surface area (TPSA) is 53.1 Å². The van der Waals surface area contributed by atoms with Crippen molar-refractivity contribution in [3.05, 3.63) is 30.1 Å². The Hall–Kier alpha value is -2.15. The summed E-state index contributed by atoms with van der Waals surface area (Å²) in [5, 5.41) is 0. The highest BCUT2D eigenvalue weighted by Gasteiger charge is 2.53. The Morgan fingerprint density at radius 1 is 1.07 bits per heavy atom. The minimum absolute atomic E-state index is 0.0774. The summed E-state index contributed by atoms with van der Waals surface area (Å²) >= 11 is 0. The summed E-state index contributed by atoms with van der Waals surface area (Å²) in [5.41, 5.74) is -0.0774. The largest absolute Gasteiger partial charge is 0.484 e. The molecule has 0 bridgehead atoms. The lowest BCUT2D eigenvalue weighted by molar-refractivity contribution is -0.140. The van der Waals surface area contributed by atoms with Crippen LogP contribution in [0.4, 0.5) is 4.39 Å². The predicted molar refractivity (Wildman–Crippen MR) is 107 cm³/mol. The van der Waals surface area contributed by atoms with Crippen LogP contribution in [0.5, 0.6) is 5.75 Å². The number of carbonyl (C=O) groups excluding carboxylic acids is 2. The lowest BCUT2D eigenvalue weighted by atomic mass is 9.76. The van der Waals surface area contributed by atoms with Crippen LogP contribution in [-0.2, 0) is 9.59 Å². The van der Waals surface area contributed by atoms with Crippen LogP contribution >= 0.6 is 0 Å². The van der Waals surface area contributed by atoms with Gasteiger partial charge < -0.3 is 19.4 Å². The molecule has 4 rings (SSSR count). The van der Waals surface area contributed by atoms with E-state index in [1.807, 2.05) is 9.80 Å². The molecule has 1 unspecified atom stereocenters. The van der Waals surface area contributed by atoms with Gasteiger partial charge in [-0.2, -0.15) is 0 Å². The number of nitrogens with zero attached hydrogens (tertiary/aromatic N) is 3. The maximum atomic E-state index is 13.4. The number of halogens is 1. The van der Waals surface area contributed by atoms with E-state index in [2.05, 4.69) is 11.9 Å². The first-order valence-corrected chi connectivity index (χ1v) is 10.6. The smallest absolute Gasteiger partial charge is 0.260 e. The molecule has 3 fully saturated rings. The highest BCUT2D eigenvalue weighted by molar-refractivity contribution is 5.84. The minimum Gasteiger partial charge on any atom is -0.484 e. The Kier molecular flexibility index (Phi) is 5.76. The van der Waals surface area contributed by atoms with Crippen molar-refractivity contribution >= 4 is 11.8 Å². The van der Waals surface area contributed by atoms with Gasteiger partial charge in [0, 0.05) is 44.7 Å². The van der Waals surface area contributed by atoms with Crippen molar-refractivity contribution in [3.63, 3.8) is 0 Å². The van der Waals surface area contributed by atoms with Gasteiger partial charge in [0.1, 0.15) is 11.6 Å². The second-order valence-electron chi connectivity index (χ2n) is 8.77. The molecule has 1 spiro atoms. The van der Waals surface area contributed by atoms with Crippen molar-refractivity contribution in [3.8, 4) is 5.75 Å². The molecular formula is C22H30FN3O3. The number of rotatable bonds is 4. The van der Waals surface area contributed by atoms with Gasteiger partial charge in [-0.15, -0.1) is 0 Å². The summed E-state index contributed by atoms with van der Waals surface area (Å²) in [4.78, 5) is 32.2. The predicted octanol–water partition coefficient (Wildman–Crippen LogP) is 2.00. The molecule has 2 amide bonds. The molecule has 2 heterocycles. The molecule has 3 aliphatic rings. The molecule has 1 saturated carbocycles. The summed E-state index contributed by atoms with van der Waals surface area (Å²) in [5.74, 6) is 0.142. The second kappa shape index (κ2) is 8.30. The zero-order chi connectivity index (χ0) is 20.4. The fourth-order valence-corrected chi connectivity index (χ4v) is 5.10. The van der Waals surface area contributed by atoms with Crippen molar-refractivity contribution in [2.45, 2.75) is 25.7 Å². The maximum absolute atomic E-state index is 13.4. The number of ether oxygens (including phenoxy) is 1. The molecule has 1 atom stereocenters. The third kappa shape index (κ3) is 4.25. The number of carbonyl (C=O) groups is 2. The van der Waals surface area contributed by atoms with Crippen LogP contribution < -0.4 is 4.74 Å². The molecule has 0 aromatic heterocycles. The van der Waals surface area contributed by atoms with E-state index in [0.29, 0.717) is 18.8 Å². The van der Waals surface area contributed by atoms with Gasteiger partial charge >= 0.3 is 0 Å². The molecule has 1 aliphatic carbocycles. The lowest BCUT2D eigenvalue weighted by Crippen LogP contribution is -2.51. The summed E-state index contributed by atoms with van der Waals surface area (Å²) in [7, 11) is 2.08. The Balaban J connectivity index is 1.41. The minimum atomic E-state index is -0.336. The van der Waals surface area contributed by atoms with E-state index < -0.39 is 0 Å². The van der Waals surface area contributed by atoms with Gasteiger partial charge in [0.25, 0.3) is 5.91 Å². The second-order valence-corrected chi connectivity index (χ2v) is 8.77. The van der Waals surface area contributed by atoms with Gasteiger partial charge in [-0.25, -0.2) is 4.39 Å². The highest BCUT2D eigenvalue weighted by atomic mass is 19.1. The number of likely N-dealkylation sites (tertiary alicyclic amines) is 1. The molecule has 6 nitrogen and oxygen atoms in total. The van der Waals surface area contributed by atoms with Crippen LogP contribution in [0.2, 0.25) is 0 Å². The summed E-state index contributed by atoms with van der Waals surface area (Å²) in [6, 6.07) is 5.66. The number of amides is 2. The van der Waals surface area contributed by atoms with Crippen LogP contribution in [-0.4, -0.2) is 79.4 Å². The van der Waals surface area contributed by atoms with Crippen molar-refractivity contribution in [1.29, 1.82) is 0 Å². The third-order valence-electron chi connectivity index (χ3n) is 6.89. The van der Waals surface area contributed by atoms with Crippen molar-refractivity contribution in [2.75, 3.05) is 52.9 Å². The molecule has 7 heteroatoms. The van der Waals surface area contributed by atoms with Gasteiger partial charge in [0.15, 0.2) is 6.61 Å². The summed E-state index contributed by atoms with van der Waals surface area (Å²) in [6.45, 7) is 4.38. The Labute approximate surface area is 171 Å². The van der Waals surface area contributed by atoms with Gasteiger partial charge in [0.05, 0.1) is 5.92 Å². The average molecular weight is 403 g/mol. The average Bonchev–Trinajstić information content (AvgIpc) is 3.35. The van der Waals surface area contributed by atoms with Crippen molar-refractivity contribution in [2.24, 2.45) is 11.3 Å². The van der Waals surface area contributed by atoms with Gasteiger partial charge in [-0.05, 0) is 44.2 Å². The van der Waals surface area contributed by atoms with E-state index in [-0.39, 0.29) is 35.6 Å². The molecule has 0 N–H and O–H groups in total. The third-order valence-corrected chi connectivity index (χ3v) is 6.89. The summed E-state index contributed by atoms with van der Waals surface area (Å²) < 4.78 is 18.6. The molecule has 1 aromatic carbocycles. The molecule has 29 heavy (non-hydrogen) atoms. The van der Waals surface area contributed by atoms with Gasteiger partial charge in [-0.1, -0.05) is 12.8 Å². The van der Waals surface area contributed by atoms with Crippen molar-refractivity contribution in [1.82, 2.24) is 14.7 Å². The number of likely N-dealkylation sites (N-methyl/N-ethyl adjacent to an activating group) is 1. The molecule has 1 aromatic rings. The molecule has 158 valence electrons. The highest BCUT2D eigenvalue weighted by Crippen LogP contribution is 2.49. The fraction of sp³-hybridized carbons (Fsp3) is 0.636. The van der Waals surface area contributed by atoms with E-state index in [1.165, 1.54) is 24.3 Å². The zero-order valence-corrected chi connectivity index (χ0v) is 17.1. The monoisotopic (exact) mass is 403 g/mol. The van der Waals surface area contributed by atoms with Gasteiger partial charge in [-0.3, -0.25) is 9.59 Å².